The van der Waals surface area contributed by atoms with Crippen LogP contribution in [0.1, 0.15) is 213 Å². The molecule has 1 atom stereocenters. The molecule has 0 heterocycles. The molecular weight excluding hydrogens is 733 g/mol. The number of ether oxygens (including phenoxy) is 3. The van der Waals surface area contributed by atoms with Gasteiger partial charge in [-0.1, -0.05) is 202 Å². The number of esters is 3. The number of hydrogen-bond donors (Lipinski definition) is 0. The summed E-state index contributed by atoms with van der Waals surface area (Å²) in [6.07, 6.45) is 60.2. The normalized spacial score (nSPS) is 12.8. The second-order valence-electron chi connectivity index (χ2n) is 15.6. The van der Waals surface area contributed by atoms with E-state index in [-0.39, 0.29) is 37.5 Å². The van der Waals surface area contributed by atoms with Crippen molar-refractivity contribution < 1.29 is 28.6 Å². The van der Waals surface area contributed by atoms with Crippen molar-refractivity contribution in [2.24, 2.45) is 0 Å². The minimum Gasteiger partial charge on any atom is -0.462 e. The molecule has 0 saturated carbocycles. The van der Waals surface area contributed by atoms with Gasteiger partial charge in [0.25, 0.3) is 0 Å². The molecule has 0 aliphatic carbocycles. The fourth-order valence-corrected chi connectivity index (χ4v) is 6.29. The van der Waals surface area contributed by atoms with Crippen molar-refractivity contribution in [3.05, 3.63) is 85.1 Å². The number of hydrogen-bond acceptors (Lipinski definition) is 6. The third kappa shape index (κ3) is 45.5. The predicted octanol–water partition coefficient (Wildman–Crippen LogP) is 15.6. The Bertz CT molecular complexity index is 1170. The monoisotopic (exact) mass is 821 g/mol. The zero-order valence-electron chi connectivity index (χ0n) is 38.2. The first-order chi connectivity index (χ1) is 29.0. The van der Waals surface area contributed by atoms with Crippen molar-refractivity contribution in [2.45, 2.75) is 219 Å². The highest BCUT2D eigenvalue weighted by molar-refractivity contribution is 5.71. The summed E-state index contributed by atoms with van der Waals surface area (Å²) < 4.78 is 16.6. The van der Waals surface area contributed by atoms with Gasteiger partial charge in [0.15, 0.2) is 6.10 Å². The van der Waals surface area contributed by atoms with Crippen molar-refractivity contribution in [3.8, 4) is 0 Å². The fourth-order valence-electron chi connectivity index (χ4n) is 6.29. The van der Waals surface area contributed by atoms with E-state index in [4.69, 9.17) is 14.2 Å². The highest BCUT2D eigenvalue weighted by Crippen LogP contribution is 2.14. The highest BCUT2D eigenvalue weighted by atomic mass is 16.6. The van der Waals surface area contributed by atoms with Crippen LogP contribution in [0.5, 0.6) is 0 Å². The molecule has 59 heavy (non-hydrogen) atoms. The van der Waals surface area contributed by atoms with Crippen LogP contribution in [0.25, 0.3) is 0 Å². The lowest BCUT2D eigenvalue weighted by atomic mass is 10.0. The number of rotatable bonds is 42. The summed E-state index contributed by atoms with van der Waals surface area (Å²) in [6.45, 7) is 6.38. The van der Waals surface area contributed by atoms with Gasteiger partial charge in [-0.25, -0.2) is 0 Å². The highest BCUT2D eigenvalue weighted by Gasteiger charge is 2.19. The molecule has 0 radical (unpaired) electrons. The van der Waals surface area contributed by atoms with E-state index in [1.165, 1.54) is 89.9 Å². The molecule has 0 aromatic heterocycles. The van der Waals surface area contributed by atoms with Crippen molar-refractivity contribution in [2.75, 3.05) is 13.2 Å². The molecular formula is C53H88O6. The SMILES string of the molecule is CC/C=C\C/C=C\C/C=C\C/C=C\C/C=C\C/C=C\CCC(=O)OCC(COC(=O)CCC/C=C\CCCCCC)OC(=O)CCCCCCCCCCCCCCC. The Morgan fingerprint density at radius 3 is 1.19 bits per heavy atom. The fraction of sp³-hybridized carbons (Fsp3) is 0.679. The molecule has 1 unspecified atom stereocenters. The predicted molar refractivity (Wildman–Crippen MR) is 251 cm³/mol. The summed E-state index contributed by atoms with van der Waals surface area (Å²) in [5, 5.41) is 0. The first-order valence-electron chi connectivity index (χ1n) is 24.1. The molecule has 6 heteroatoms. The van der Waals surface area contributed by atoms with Crippen LogP contribution in [-0.2, 0) is 28.6 Å². The molecule has 6 nitrogen and oxygen atoms in total. The van der Waals surface area contributed by atoms with Crippen LogP contribution in [0.2, 0.25) is 0 Å². The van der Waals surface area contributed by atoms with Crippen LogP contribution in [0.3, 0.4) is 0 Å². The Balaban J connectivity index is 4.48. The number of carbonyl (C=O) groups excluding carboxylic acids is 3. The minimum absolute atomic E-state index is 0.114. The number of allylic oxidation sites excluding steroid dienone is 14. The Kier molecular flexibility index (Phi) is 44.5. The Labute approximate surface area is 363 Å². The number of carbonyl (C=O) groups is 3. The largest absolute Gasteiger partial charge is 0.462 e. The third-order valence-electron chi connectivity index (χ3n) is 9.90. The lowest BCUT2D eigenvalue weighted by Gasteiger charge is -2.18. The zero-order chi connectivity index (χ0) is 43.0. The van der Waals surface area contributed by atoms with Crippen LogP contribution in [0.4, 0.5) is 0 Å². The van der Waals surface area contributed by atoms with Gasteiger partial charge in [0.1, 0.15) is 13.2 Å². The maximum atomic E-state index is 12.7. The topological polar surface area (TPSA) is 78.9 Å². The van der Waals surface area contributed by atoms with Gasteiger partial charge in [-0.05, 0) is 77.0 Å². The molecule has 336 valence electrons. The Morgan fingerprint density at radius 1 is 0.356 bits per heavy atom. The van der Waals surface area contributed by atoms with Crippen LogP contribution in [0.15, 0.2) is 85.1 Å². The molecule has 0 rings (SSSR count). The second-order valence-corrected chi connectivity index (χ2v) is 15.6. The van der Waals surface area contributed by atoms with Crippen molar-refractivity contribution >= 4 is 17.9 Å². The lowest BCUT2D eigenvalue weighted by Crippen LogP contribution is -2.30. The van der Waals surface area contributed by atoms with E-state index < -0.39 is 6.10 Å². The Hall–Kier alpha value is -3.41. The molecule has 0 N–H and O–H groups in total. The molecule has 0 amide bonds. The summed E-state index contributed by atoms with van der Waals surface area (Å²) in [6, 6.07) is 0. The summed E-state index contributed by atoms with van der Waals surface area (Å²) in [5.41, 5.74) is 0. The van der Waals surface area contributed by atoms with E-state index in [9.17, 15) is 14.4 Å². The van der Waals surface area contributed by atoms with Gasteiger partial charge < -0.3 is 14.2 Å². The molecule has 0 spiro atoms. The third-order valence-corrected chi connectivity index (χ3v) is 9.90. The smallest absolute Gasteiger partial charge is 0.306 e. The molecule has 0 saturated heterocycles. The van der Waals surface area contributed by atoms with Gasteiger partial charge in [0.2, 0.25) is 0 Å². The van der Waals surface area contributed by atoms with E-state index in [1.54, 1.807) is 0 Å². The summed E-state index contributed by atoms with van der Waals surface area (Å²) in [4.78, 5) is 37.7. The first-order valence-corrected chi connectivity index (χ1v) is 24.1. The van der Waals surface area contributed by atoms with E-state index in [2.05, 4.69) is 93.7 Å². The van der Waals surface area contributed by atoms with E-state index >= 15 is 0 Å². The second kappa shape index (κ2) is 47.3. The molecule has 0 aliphatic heterocycles. The van der Waals surface area contributed by atoms with Gasteiger partial charge in [0, 0.05) is 19.3 Å². The van der Waals surface area contributed by atoms with Crippen molar-refractivity contribution in [1.29, 1.82) is 0 Å². The molecule has 0 aromatic rings. The average molecular weight is 821 g/mol. The average Bonchev–Trinajstić information content (AvgIpc) is 3.23. The zero-order valence-corrected chi connectivity index (χ0v) is 38.2. The summed E-state index contributed by atoms with van der Waals surface area (Å²) in [5.74, 6) is -1.04. The van der Waals surface area contributed by atoms with E-state index in [0.29, 0.717) is 25.7 Å². The van der Waals surface area contributed by atoms with Gasteiger partial charge in [0.05, 0.1) is 0 Å². The van der Waals surface area contributed by atoms with Gasteiger partial charge in [-0.15, -0.1) is 0 Å². The van der Waals surface area contributed by atoms with Crippen LogP contribution < -0.4 is 0 Å². The molecule has 0 aromatic carbocycles. The van der Waals surface area contributed by atoms with E-state index in [1.807, 2.05) is 12.2 Å². The summed E-state index contributed by atoms with van der Waals surface area (Å²) >= 11 is 0. The molecule has 0 bridgehead atoms. The molecule has 0 fully saturated rings. The van der Waals surface area contributed by atoms with Gasteiger partial charge >= 0.3 is 17.9 Å². The number of unbranched alkanes of at least 4 members (excludes halogenated alkanes) is 17. The van der Waals surface area contributed by atoms with Gasteiger partial charge in [-0.2, -0.15) is 0 Å². The summed E-state index contributed by atoms with van der Waals surface area (Å²) in [7, 11) is 0. The maximum Gasteiger partial charge on any atom is 0.306 e. The van der Waals surface area contributed by atoms with Gasteiger partial charge in [-0.3, -0.25) is 14.4 Å². The minimum atomic E-state index is -0.814. The van der Waals surface area contributed by atoms with Crippen molar-refractivity contribution in [3.63, 3.8) is 0 Å². The first kappa shape index (κ1) is 55.6. The maximum absolute atomic E-state index is 12.7. The standard InChI is InChI=1S/C53H88O6/c1-4-7-10-13-16-19-21-23-24-25-26-27-28-30-31-34-37-40-43-46-52(55)58-49-50(48-57-51(54)45-42-39-36-33-18-15-12-9-6-3)59-53(56)47-44-41-38-35-32-29-22-20-17-14-11-8-5-2/h7,10,16,19,23-24,26-27,30-31,33,36-37,40,50H,4-6,8-9,11-15,17-18,20-22,25,28-29,32,34-35,38-39,41-49H2,1-3H3/b10-7-,19-16-,24-23-,27-26-,31-30-,36-33-,40-37-. The van der Waals surface area contributed by atoms with Crippen molar-refractivity contribution in [1.82, 2.24) is 0 Å². The van der Waals surface area contributed by atoms with Crippen LogP contribution in [-0.4, -0.2) is 37.2 Å². The lowest BCUT2D eigenvalue weighted by molar-refractivity contribution is -0.166. The van der Waals surface area contributed by atoms with Crippen LogP contribution >= 0.6 is 0 Å². The quantitative estimate of drug-likeness (QED) is 0.0264. The Morgan fingerprint density at radius 2 is 0.712 bits per heavy atom. The molecule has 0 aliphatic rings. The van der Waals surface area contributed by atoms with E-state index in [0.717, 1.165) is 70.6 Å². The van der Waals surface area contributed by atoms with Crippen LogP contribution in [0, 0.1) is 0 Å².